The van der Waals surface area contributed by atoms with Gasteiger partial charge in [0, 0.05) is 32.7 Å². The van der Waals surface area contributed by atoms with Crippen LogP contribution in [-0.4, -0.2) is 14.1 Å². The maximum atomic E-state index is 10.5. The molecule has 0 amide bonds. The zero-order chi connectivity index (χ0) is 36.3. The van der Waals surface area contributed by atoms with E-state index in [0.717, 1.165) is 66.1 Å². The summed E-state index contributed by atoms with van der Waals surface area (Å²) in [4.78, 5) is 4.99. The van der Waals surface area contributed by atoms with E-state index < -0.39 is 0 Å². The Morgan fingerprint density at radius 3 is 1.37 bits per heavy atom. The number of fused-ring (bicyclic) bond motifs is 6. The Hall–Kier alpha value is -7.22. The van der Waals surface area contributed by atoms with Crippen LogP contribution in [0.3, 0.4) is 0 Å². The van der Waals surface area contributed by atoms with E-state index in [1.807, 2.05) is 30.6 Å². The number of hydrogen-bond acceptors (Lipinski definition) is 2. The molecule has 0 saturated heterocycles. The summed E-state index contributed by atoms with van der Waals surface area (Å²) in [6.45, 7) is 4.24. The number of para-hydroxylation sites is 2. The molecule has 4 nitrogen and oxygen atoms in total. The fraction of sp³-hybridized carbons (Fsp3) is 0.0400. The Bertz CT molecular complexity index is 2940. The monoisotopic (exact) mass is 690 g/mol. The van der Waals surface area contributed by atoms with Crippen molar-refractivity contribution in [1.29, 1.82) is 5.26 Å². The van der Waals surface area contributed by atoms with E-state index in [1.54, 1.807) is 0 Å². The molecule has 3 heterocycles. The summed E-state index contributed by atoms with van der Waals surface area (Å²) < 4.78 is 4.65. The third kappa shape index (κ3) is 4.94. The van der Waals surface area contributed by atoms with Gasteiger partial charge in [0.15, 0.2) is 0 Å². The zero-order valence-electron chi connectivity index (χ0n) is 30.0. The summed E-state index contributed by atoms with van der Waals surface area (Å²) in [5.41, 5.74) is 15.7. The lowest BCUT2D eigenvalue weighted by Crippen LogP contribution is -2.05. The van der Waals surface area contributed by atoms with Gasteiger partial charge >= 0.3 is 0 Å². The highest BCUT2D eigenvalue weighted by atomic mass is 15.0. The molecule has 3 aromatic heterocycles. The summed E-state index contributed by atoms with van der Waals surface area (Å²) in [6.07, 6.45) is 3.91. The molecule has 7 aromatic carbocycles. The molecule has 10 aromatic rings. The molecule has 0 spiro atoms. The molecular weight excluding hydrogens is 657 g/mol. The smallest absolute Gasteiger partial charge is 0.0998 e. The van der Waals surface area contributed by atoms with Gasteiger partial charge in [-0.15, -0.1) is 0 Å². The van der Waals surface area contributed by atoms with Gasteiger partial charge in [-0.3, -0.25) is 4.98 Å². The molecule has 0 N–H and O–H groups in total. The molecule has 0 saturated carbocycles. The molecule has 0 unspecified atom stereocenters. The molecule has 54 heavy (non-hydrogen) atoms. The van der Waals surface area contributed by atoms with Crippen LogP contribution in [0.15, 0.2) is 170 Å². The number of nitriles is 1. The molecule has 0 aliphatic rings. The van der Waals surface area contributed by atoms with Crippen molar-refractivity contribution in [2.75, 3.05) is 0 Å². The van der Waals surface area contributed by atoms with Crippen LogP contribution in [0.4, 0.5) is 0 Å². The topological polar surface area (TPSA) is 46.5 Å². The van der Waals surface area contributed by atoms with E-state index in [4.69, 9.17) is 4.98 Å². The maximum Gasteiger partial charge on any atom is 0.0998 e. The molecule has 0 bridgehead atoms. The van der Waals surface area contributed by atoms with Crippen molar-refractivity contribution in [3.63, 3.8) is 0 Å². The predicted molar refractivity (Wildman–Crippen MR) is 223 cm³/mol. The van der Waals surface area contributed by atoms with Crippen molar-refractivity contribution in [3.8, 4) is 50.8 Å². The van der Waals surface area contributed by atoms with E-state index >= 15 is 0 Å². The number of nitrogens with zero attached hydrogens (tertiary/aromatic N) is 4. The minimum absolute atomic E-state index is 0.607. The van der Waals surface area contributed by atoms with Crippen LogP contribution in [0.5, 0.6) is 0 Å². The first-order valence-corrected chi connectivity index (χ1v) is 18.3. The highest BCUT2D eigenvalue weighted by Gasteiger charge is 2.24. The second-order valence-corrected chi connectivity index (χ2v) is 14.1. The highest BCUT2D eigenvalue weighted by Crippen LogP contribution is 2.43. The van der Waals surface area contributed by atoms with E-state index in [2.05, 4.69) is 169 Å². The Morgan fingerprint density at radius 1 is 0.444 bits per heavy atom. The average Bonchev–Trinajstić information content (AvgIpc) is 3.73. The van der Waals surface area contributed by atoms with Crippen LogP contribution in [-0.2, 0) is 0 Å². The van der Waals surface area contributed by atoms with Gasteiger partial charge in [-0.05, 0) is 78.6 Å². The van der Waals surface area contributed by atoms with E-state index in [9.17, 15) is 5.26 Å². The number of aryl methyl sites for hydroxylation is 2. The number of benzene rings is 7. The number of hydrogen-bond donors (Lipinski definition) is 0. The lowest BCUT2D eigenvalue weighted by Gasteiger charge is -2.20. The van der Waals surface area contributed by atoms with Crippen molar-refractivity contribution in [3.05, 3.63) is 187 Å². The van der Waals surface area contributed by atoms with Crippen LogP contribution >= 0.6 is 0 Å². The normalized spacial score (nSPS) is 11.5. The number of aromatic nitrogens is 3. The molecule has 0 fully saturated rings. The van der Waals surface area contributed by atoms with Gasteiger partial charge in [0.1, 0.15) is 0 Å². The largest absolute Gasteiger partial charge is 0.307 e. The molecular formula is C50H34N4. The standard InChI is InChI=1S/C50H34N4/c1-32-15-19-34(20-16-32)36-23-25-46-42(27-36)40-11-5-7-13-44(40)53(46)48-30-52-31-49(50(48)39-10-4-3-9-38(39)29-51)54-45-14-8-6-12-41(45)43-28-37(24-26-47(43)54)35-21-17-33(2)18-22-35/h3-28,30-31H,1-2H3. The molecule has 0 radical (unpaired) electrons. The fourth-order valence-corrected chi connectivity index (χ4v) is 8.17. The van der Waals surface area contributed by atoms with Crippen LogP contribution < -0.4 is 0 Å². The predicted octanol–water partition coefficient (Wildman–Crippen LogP) is 12.8. The molecule has 0 atom stereocenters. The second kappa shape index (κ2) is 12.5. The van der Waals surface area contributed by atoms with Crippen molar-refractivity contribution in [1.82, 2.24) is 14.1 Å². The fourth-order valence-electron chi connectivity index (χ4n) is 8.17. The van der Waals surface area contributed by atoms with Gasteiger partial charge in [0.05, 0.1) is 57.5 Å². The van der Waals surface area contributed by atoms with Crippen molar-refractivity contribution >= 4 is 43.6 Å². The van der Waals surface area contributed by atoms with Gasteiger partial charge in [0.25, 0.3) is 0 Å². The molecule has 0 aliphatic heterocycles. The minimum atomic E-state index is 0.607. The van der Waals surface area contributed by atoms with Gasteiger partial charge in [-0.2, -0.15) is 5.26 Å². The molecule has 254 valence electrons. The zero-order valence-corrected chi connectivity index (χ0v) is 30.0. The third-order valence-electron chi connectivity index (χ3n) is 10.8. The SMILES string of the molecule is Cc1ccc(-c2ccc3c(c2)c2ccccc2n3-c2cncc(-n3c4ccccc4c4cc(-c5ccc(C)cc5)ccc43)c2-c2ccccc2C#N)cc1. The quantitative estimate of drug-likeness (QED) is 0.180. The van der Waals surface area contributed by atoms with Crippen LogP contribution in [0.1, 0.15) is 16.7 Å². The molecule has 10 rings (SSSR count). The summed E-state index contributed by atoms with van der Waals surface area (Å²) >= 11 is 0. The molecule has 4 heteroatoms. The minimum Gasteiger partial charge on any atom is -0.307 e. The van der Waals surface area contributed by atoms with E-state index in [0.29, 0.717) is 5.56 Å². The van der Waals surface area contributed by atoms with Crippen LogP contribution in [0, 0.1) is 25.2 Å². The van der Waals surface area contributed by atoms with Crippen molar-refractivity contribution in [2.45, 2.75) is 13.8 Å². The first-order valence-electron chi connectivity index (χ1n) is 18.3. The lowest BCUT2D eigenvalue weighted by molar-refractivity contribution is 1.09. The van der Waals surface area contributed by atoms with Crippen LogP contribution in [0.25, 0.3) is 88.4 Å². The van der Waals surface area contributed by atoms with E-state index in [-0.39, 0.29) is 0 Å². The summed E-state index contributed by atoms with van der Waals surface area (Å²) in [7, 11) is 0. The van der Waals surface area contributed by atoms with Crippen molar-refractivity contribution in [2.24, 2.45) is 0 Å². The summed E-state index contributed by atoms with van der Waals surface area (Å²) in [5, 5.41) is 15.2. The summed E-state index contributed by atoms with van der Waals surface area (Å²) in [6, 6.07) is 58.5. The average molecular weight is 691 g/mol. The maximum absolute atomic E-state index is 10.5. The first kappa shape index (κ1) is 31.5. The third-order valence-corrected chi connectivity index (χ3v) is 10.8. The molecule has 0 aliphatic carbocycles. The highest BCUT2D eigenvalue weighted by molar-refractivity contribution is 6.13. The van der Waals surface area contributed by atoms with Gasteiger partial charge in [0.2, 0.25) is 0 Å². The van der Waals surface area contributed by atoms with Crippen LogP contribution in [0.2, 0.25) is 0 Å². The second-order valence-electron chi connectivity index (χ2n) is 14.1. The summed E-state index contributed by atoms with van der Waals surface area (Å²) in [5.74, 6) is 0. The Morgan fingerprint density at radius 2 is 0.870 bits per heavy atom. The first-order chi connectivity index (χ1) is 26.6. The number of rotatable bonds is 5. The lowest BCUT2D eigenvalue weighted by atomic mass is 9.97. The Balaban J connectivity index is 1.29. The van der Waals surface area contributed by atoms with E-state index in [1.165, 1.54) is 33.4 Å². The van der Waals surface area contributed by atoms with Gasteiger partial charge in [-0.25, -0.2) is 0 Å². The van der Waals surface area contributed by atoms with Crippen molar-refractivity contribution < 1.29 is 0 Å². The Kier molecular flexibility index (Phi) is 7.28. The van der Waals surface area contributed by atoms with Gasteiger partial charge in [-0.1, -0.05) is 126 Å². The van der Waals surface area contributed by atoms with Gasteiger partial charge < -0.3 is 9.13 Å². The number of pyridine rings is 1. The Labute approximate surface area is 313 Å².